The molecule has 5 nitrogen and oxygen atoms in total. The van der Waals surface area contributed by atoms with Crippen LogP contribution in [0.2, 0.25) is 0 Å². The van der Waals surface area contributed by atoms with Crippen molar-refractivity contribution < 1.29 is 24.9 Å². The van der Waals surface area contributed by atoms with E-state index in [-0.39, 0.29) is 23.5 Å². The molecule has 0 heterocycles. The highest BCUT2D eigenvalue weighted by molar-refractivity contribution is 6.03. The van der Waals surface area contributed by atoms with Gasteiger partial charge in [-0.2, -0.15) is 0 Å². The van der Waals surface area contributed by atoms with Gasteiger partial charge in [0.25, 0.3) is 0 Å². The fraction of sp³-hybridized carbons (Fsp3) is 0.286. The molecule has 1 aromatic carbocycles. The molecule has 0 saturated carbocycles. The predicted molar refractivity (Wildman–Crippen MR) is 99.9 cm³/mol. The number of aliphatic hydroxyl groups is 3. The molecule has 1 atom stereocenters. The van der Waals surface area contributed by atoms with Gasteiger partial charge < -0.3 is 20.1 Å². The number of carbonyl (C=O) groups is 1. The van der Waals surface area contributed by atoms with Crippen molar-refractivity contribution in [2.75, 3.05) is 7.11 Å². The summed E-state index contributed by atoms with van der Waals surface area (Å²) in [6, 6.07) is 8.90. The summed E-state index contributed by atoms with van der Waals surface area (Å²) in [5.41, 5.74) is 1.76. The number of aliphatic hydroxyl groups excluding tert-OH is 1. The first-order valence-corrected chi connectivity index (χ1v) is 8.32. The van der Waals surface area contributed by atoms with Crippen LogP contribution in [0.3, 0.4) is 0 Å². The largest absolute Gasteiger partial charge is 0.507 e. The minimum atomic E-state index is -2.29. The summed E-state index contributed by atoms with van der Waals surface area (Å²) in [6.07, 6.45) is 5.93. The Morgan fingerprint density at radius 3 is 2.46 bits per heavy atom. The fourth-order valence-corrected chi connectivity index (χ4v) is 2.71. The van der Waals surface area contributed by atoms with E-state index in [1.54, 1.807) is 30.3 Å². The average molecular weight is 356 g/mol. The molecule has 0 aromatic heterocycles. The number of methoxy groups -OCH3 is 1. The van der Waals surface area contributed by atoms with Crippen LogP contribution in [0, 0.1) is 5.92 Å². The summed E-state index contributed by atoms with van der Waals surface area (Å²) in [7, 11) is 1.35. The number of hydrogen-bond donors (Lipinski definition) is 3. The normalized spacial score (nSPS) is 21.3. The maximum absolute atomic E-state index is 12.8. The molecule has 5 heteroatoms. The molecule has 0 amide bonds. The Kier molecular flexibility index (Phi) is 6.18. The minimum Gasteiger partial charge on any atom is -0.507 e. The molecule has 2 rings (SSSR count). The van der Waals surface area contributed by atoms with Crippen LogP contribution in [0.5, 0.6) is 0 Å². The van der Waals surface area contributed by atoms with Gasteiger partial charge >= 0.3 is 0 Å². The van der Waals surface area contributed by atoms with Crippen LogP contribution in [0.15, 0.2) is 71.5 Å². The lowest BCUT2D eigenvalue weighted by Crippen LogP contribution is -2.44. The molecule has 0 radical (unpaired) electrons. The van der Waals surface area contributed by atoms with Crippen LogP contribution in [0.1, 0.15) is 25.8 Å². The van der Waals surface area contributed by atoms with Crippen molar-refractivity contribution in [3.05, 3.63) is 77.1 Å². The predicted octanol–water partition coefficient (Wildman–Crippen LogP) is 3.28. The molecule has 26 heavy (non-hydrogen) atoms. The maximum Gasteiger partial charge on any atom is 0.197 e. The monoisotopic (exact) mass is 356 g/mol. The zero-order chi connectivity index (χ0) is 19.3. The molecular weight excluding hydrogens is 332 g/mol. The molecule has 0 aliphatic heterocycles. The topological polar surface area (TPSA) is 87.0 Å². The van der Waals surface area contributed by atoms with Gasteiger partial charge in [-0.05, 0) is 32.4 Å². The van der Waals surface area contributed by atoms with Gasteiger partial charge in [-0.25, -0.2) is 0 Å². The van der Waals surface area contributed by atoms with Gasteiger partial charge in [-0.3, -0.25) is 4.79 Å². The lowest BCUT2D eigenvalue weighted by Gasteiger charge is -2.32. The first-order chi connectivity index (χ1) is 12.3. The second-order valence-corrected chi connectivity index (χ2v) is 6.43. The molecule has 1 aliphatic carbocycles. The summed E-state index contributed by atoms with van der Waals surface area (Å²) in [5, 5.41) is 30.7. The highest BCUT2D eigenvalue weighted by Gasteiger charge is 2.44. The smallest absolute Gasteiger partial charge is 0.197 e. The Morgan fingerprint density at radius 2 is 1.88 bits per heavy atom. The molecule has 0 fully saturated rings. The number of benzene rings is 1. The maximum atomic E-state index is 12.8. The van der Waals surface area contributed by atoms with Crippen molar-refractivity contribution in [3.8, 4) is 0 Å². The summed E-state index contributed by atoms with van der Waals surface area (Å²) < 4.78 is 5.15. The number of allylic oxidation sites excluding steroid dienone is 5. The Labute approximate surface area is 153 Å². The van der Waals surface area contributed by atoms with E-state index in [1.165, 1.54) is 19.3 Å². The quantitative estimate of drug-likeness (QED) is 0.326. The highest BCUT2D eigenvalue weighted by Crippen LogP contribution is 2.34. The van der Waals surface area contributed by atoms with Gasteiger partial charge in [0.2, 0.25) is 0 Å². The Bertz CT molecular complexity index is 778. The summed E-state index contributed by atoms with van der Waals surface area (Å²) in [6.45, 7) is 3.75. The minimum absolute atomic E-state index is 0.00737. The molecular formula is C21H24O5. The standard InChI is InChI=1S/C21H24O5/c1-14(2)9-11-17-20(23)16(19(26-3)13-21(17,24)25)10-12-18(22)15-7-5-4-6-8-15/h4-10,12-13,17,22,24-25H,11H2,1-3H3/b16-10+,18-12-. The third kappa shape index (κ3) is 4.50. The van der Waals surface area contributed by atoms with E-state index in [2.05, 4.69) is 0 Å². The molecule has 0 spiro atoms. The Morgan fingerprint density at radius 1 is 1.23 bits per heavy atom. The molecule has 0 saturated heterocycles. The lowest BCUT2D eigenvalue weighted by molar-refractivity contribution is -0.171. The summed E-state index contributed by atoms with van der Waals surface area (Å²) in [5.74, 6) is -3.74. The molecule has 1 aliphatic rings. The van der Waals surface area contributed by atoms with Crippen molar-refractivity contribution >= 4 is 11.5 Å². The second kappa shape index (κ2) is 8.17. The van der Waals surface area contributed by atoms with Crippen molar-refractivity contribution in [3.63, 3.8) is 0 Å². The molecule has 0 bridgehead atoms. The summed E-state index contributed by atoms with van der Waals surface area (Å²) >= 11 is 0. The fourth-order valence-electron chi connectivity index (χ4n) is 2.71. The van der Waals surface area contributed by atoms with Gasteiger partial charge in [0.05, 0.1) is 18.6 Å². The third-order valence-corrected chi connectivity index (χ3v) is 4.16. The van der Waals surface area contributed by atoms with Crippen molar-refractivity contribution in [2.45, 2.75) is 26.1 Å². The van der Waals surface area contributed by atoms with E-state index in [4.69, 9.17) is 4.74 Å². The molecule has 1 unspecified atom stereocenters. The van der Waals surface area contributed by atoms with Gasteiger partial charge in [0.15, 0.2) is 11.6 Å². The SMILES string of the molecule is COC1=CC(O)(O)C(CC=C(C)C)C(=O)/C1=C/C=C(\O)c1ccccc1. The first kappa shape index (κ1) is 19.7. The van der Waals surface area contributed by atoms with E-state index in [0.717, 1.165) is 11.6 Å². The number of ketones is 1. The number of ether oxygens (including phenoxy) is 1. The van der Waals surface area contributed by atoms with E-state index in [1.807, 2.05) is 19.9 Å². The van der Waals surface area contributed by atoms with Gasteiger partial charge in [0, 0.05) is 11.6 Å². The Balaban J connectivity index is 2.42. The number of rotatable bonds is 5. The van der Waals surface area contributed by atoms with Crippen LogP contribution in [0.25, 0.3) is 5.76 Å². The third-order valence-electron chi connectivity index (χ3n) is 4.16. The van der Waals surface area contributed by atoms with E-state index >= 15 is 0 Å². The number of Topliss-reactive ketones (excluding diaryl/α,β-unsaturated/α-hetero) is 1. The van der Waals surface area contributed by atoms with Crippen LogP contribution in [0.4, 0.5) is 0 Å². The summed E-state index contributed by atoms with van der Waals surface area (Å²) in [4.78, 5) is 12.8. The molecule has 3 N–H and O–H groups in total. The number of hydrogen-bond acceptors (Lipinski definition) is 5. The van der Waals surface area contributed by atoms with Crippen LogP contribution < -0.4 is 0 Å². The molecule has 1 aromatic rings. The zero-order valence-electron chi connectivity index (χ0n) is 15.1. The highest BCUT2D eigenvalue weighted by atomic mass is 16.5. The van der Waals surface area contributed by atoms with Gasteiger partial charge in [-0.1, -0.05) is 42.0 Å². The van der Waals surface area contributed by atoms with Crippen molar-refractivity contribution in [1.82, 2.24) is 0 Å². The lowest BCUT2D eigenvalue weighted by atomic mass is 9.80. The molecule has 138 valence electrons. The first-order valence-electron chi connectivity index (χ1n) is 8.32. The van der Waals surface area contributed by atoms with Crippen molar-refractivity contribution in [2.24, 2.45) is 5.92 Å². The van der Waals surface area contributed by atoms with Gasteiger partial charge in [-0.15, -0.1) is 0 Å². The van der Waals surface area contributed by atoms with Crippen LogP contribution in [-0.4, -0.2) is 34.0 Å². The van der Waals surface area contributed by atoms with Crippen molar-refractivity contribution in [1.29, 1.82) is 0 Å². The zero-order valence-corrected chi connectivity index (χ0v) is 15.1. The van der Waals surface area contributed by atoms with Crippen LogP contribution in [-0.2, 0) is 9.53 Å². The van der Waals surface area contributed by atoms with E-state index < -0.39 is 17.5 Å². The van der Waals surface area contributed by atoms with E-state index in [9.17, 15) is 20.1 Å². The Hall–Kier alpha value is -2.63. The number of carbonyl (C=O) groups excluding carboxylic acids is 1. The second-order valence-electron chi connectivity index (χ2n) is 6.43. The van der Waals surface area contributed by atoms with Crippen LogP contribution >= 0.6 is 0 Å². The average Bonchev–Trinajstić information content (AvgIpc) is 2.60. The van der Waals surface area contributed by atoms with E-state index in [0.29, 0.717) is 5.56 Å². The van der Waals surface area contributed by atoms with Gasteiger partial charge in [0.1, 0.15) is 11.5 Å².